The van der Waals surface area contributed by atoms with Gasteiger partial charge in [0, 0.05) is 12.1 Å². The Balaban J connectivity index is 2.28. The van der Waals surface area contributed by atoms with Gasteiger partial charge in [0.05, 0.1) is 16.5 Å². The average Bonchev–Trinajstić information content (AvgIpc) is 2.51. The summed E-state index contributed by atoms with van der Waals surface area (Å²) < 4.78 is 53.8. The van der Waals surface area contributed by atoms with Crippen LogP contribution in [0.1, 0.15) is 16.7 Å². The number of hydrogen-bond acceptors (Lipinski definition) is 3. The minimum Gasteiger partial charge on any atom is -0.207 e. The van der Waals surface area contributed by atoms with Gasteiger partial charge in [0.1, 0.15) is 11.6 Å². The first-order valence-electron chi connectivity index (χ1n) is 6.28. The number of benzene rings is 2. The molecule has 2 rings (SSSR count). The van der Waals surface area contributed by atoms with Crippen LogP contribution in [0.15, 0.2) is 41.3 Å². The van der Waals surface area contributed by atoms with Crippen molar-refractivity contribution in [3.63, 3.8) is 0 Å². The van der Waals surface area contributed by atoms with Crippen molar-refractivity contribution in [3.05, 3.63) is 64.7 Å². The Morgan fingerprint density at radius 2 is 1.95 bits per heavy atom. The van der Waals surface area contributed by atoms with Crippen LogP contribution in [0.25, 0.3) is 0 Å². The minimum absolute atomic E-state index is 0.139. The Morgan fingerprint density at radius 3 is 2.64 bits per heavy atom. The molecule has 2 aromatic carbocycles. The molecule has 22 heavy (non-hydrogen) atoms. The predicted octanol–water partition coefficient (Wildman–Crippen LogP) is 2.62. The summed E-state index contributed by atoms with van der Waals surface area (Å²) in [4.78, 5) is -0.139. The molecule has 2 aromatic rings. The molecular weight excluding hydrogens is 310 g/mol. The molecule has 0 saturated heterocycles. The van der Waals surface area contributed by atoms with Gasteiger partial charge in [-0.1, -0.05) is 12.1 Å². The minimum atomic E-state index is -3.97. The molecule has 0 atom stereocenters. The van der Waals surface area contributed by atoms with Gasteiger partial charge in [-0.05, 0) is 36.8 Å². The summed E-state index contributed by atoms with van der Waals surface area (Å²) in [6.07, 6.45) is 0. The zero-order chi connectivity index (χ0) is 16.3. The predicted molar refractivity (Wildman–Crippen MR) is 76.3 cm³/mol. The molecule has 114 valence electrons. The van der Waals surface area contributed by atoms with Gasteiger partial charge in [-0.25, -0.2) is 21.9 Å². The van der Waals surface area contributed by atoms with Crippen LogP contribution < -0.4 is 4.72 Å². The molecule has 1 N–H and O–H groups in total. The maximum atomic E-state index is 13.8. The Hall–Kier alpha value is -2.30. The van der Waals surface area contributed by atoms with E-state index in [4.69, 9.17) is 5.26 Å². The van der Waals surface area contributed by atoms with Gasteiger partial charge in [-0.3, -0.25) is 0 Å². The fourth-order valence-corrected chi connectivity index (χ4v) is 2.90. The Labute approximate surface area is 127 Å². The standard InChI is InChI=1S/C15H12F2N2O2S/c1-10-5-6-14(16)13(15(10)17)9-19-22(20,21)12-4-2-3-11(7-12)8-18/h2-7,19H,9H2,1H3. The molecule has 0 aliphatic carbocycles. The Morgan fingerprint density at radius 1 is 1.23 bits per heavy atom. The molecule has 4 nitrogen and oxygen atoms in total. The Bertz CT molecular complexity index is 858. The number of nitrogens with zero attached hydrogens (tertiary/aromatic N) is 1. The van der Waals surface area contributed by atoms with Crippen LogP contribution in [-0.2, 0) is 16.6 Å². The third-order valence-corrected chi connectivity index (χ3v) is 4.49. The highest BCUT2D eigenvalue weighted by molar-refractivity contribution is 7.89. The lowest BCUT2D eigenvalue weighted by molar-refractivity contribution is 0.540. The third-order valence-electron chi connectivity index (χ3n) is 3.09. The van der Waals surface area contributed by atoms with E-state index in [1.54, 1.807) is 0 Å². The first-order chi connectivity index (χ1) is 10.3. The van der Waals surface area contributed by atoms with Crippen molar-refractivity contribution in [1.29, 1.82) is 5.26 Å². The first kappa shape index (κ1) is 16.1. The zero-order valence-corrected chi connectivity index (χ0v) is 12.4. The number of nitriles is 1. The van der Waals surface area contributed by atoms with Crippen molar-refractivity contribution in [2.24, 2.45) is 0 Å². The van der Waals surface area contributed by atoms with E-state index in [-0.39, 0.29) is 21.6 Å². The van der Waals surface area contributed by atoms with Crippen LogP contribution >= 0.6 is 0 Å². The number of hydrogen-bond donors (Lipinski definition) is 1. The summed E-state index contributed by atoms with van der Waals surface area (Å²) in [5.41, 5.74) is 0.0536. The lowest BCUT2D eigenvalue weighted by atomic mass is 10.1. The summed E-state index contributed by atoms with van der Waals surface area (Å²) in [7, 11) is -3.97. The number of aryl methyl sites for hydroxylation is 1. The molecule has 0 aliphatic heterocycles. The summed E-state index contributed by atoms with van der Waals surface area (Å²) >= 11 is 0. The van der Waals surface area contributed by atoms with Crippen molar-refractivity contribution >= 4 is 10.0 Å². The van der Waals surface area contributed by atoms with Gasteiger partial charge in [-0.2, -0.15) is 5.26 Å². The topological polar surface area (TPSA) is 70.0 Å². The van der Waals surface area contributed by atoms with Crippen molar-refractivity contribution in [3.8, 4) is 6.07 Å². The number of rotatable bonds is 4. The van der Waals surface area contributed by atoms with E-state index in [9.17, 15) is 17.2 Å². The molecule has 0 spiro atoms. The molecule has 0 amide bonds. The van der Waals surface area contributed by atoms with Gasteiger partial charge in [-0.15, -0.1) is 0 Å². The number of sulfonamides is 1. The molecular formula is C15H12F2N2O2S. The monoisotopic (exact) mass is 322 g/mol. The summed E-state index contributed by atoms with van der Waals surface area (Å²) in [6.45, 7) is 0.946. The van der Waals surface area contributed by atoms with E-state index in [0.717, 1.165) is 6.07 Å². The molecule has 0 aromatic heterocycles. The molecule has 7 heteroatoms. The normalized spacial score (nSPS) is 11.2. The molecule has 0 bridgehead atoms. The smallest absolute Gasteiger partial charge is 0.207 e. The van der Waals surface area contributed by atoms with Crippen molar-refractivity contribution < 1.29 is 17.2 Å². The first-order valence-corrected chi connectivity index (χ1v) is 7.77. The maximum absolute atomic E-state index is 13.8. The summed E-state index contributed by atoms with van der Waals surface area (Å²) in [5.74, 6) is -1.61. The number of halogens is 2. The van der Waals surface area contributed by atoms with E-state index in [1.807, 2.05) is 6.07 Å². The van der Waals surface area contributed by atoms with Crippen molar-refractivity contribution in [1.82, 2.24) is 4.72 Å². The highest BCUT2D eigenvalue weighted by Gasteiger charge is 2.18. The van der Waals surface area contributed by atoms with Crippen LogP contribution in [0, 0.1) is 29.9 Å². The summed E-state index contributed by atoms with van der Waals surface area (Å²) in [5, 5.41) is 8.77. The lowest BCUT2D eigenvalue weighted by Crippen LogP contribution is -2.24. The van der Waals surface area contributed by atoms with E-state index >= 15 is 0 Å². The van der Waals surface area contributed by atoms with E-state index in [1.165, 1.54) is 37.3 Å². The maximum Gasteiger partial charge on any atom is 0.240 e. The van der Waals surface area contributed by atoms with Crippen LogP contribution in [0.4, 0.5) is 8.78 Å². The fourth-order valence-electron chi connectivity index (χ4n) is 1.86. The van der Waals surface area contributed by atoms with E-state index < -0.39 is 28.2 Å². The largest absolute Gasteiger partial charge is 0.240 e. The van der Waals surface area contributed by atoms with Crippen LogP contribution in [0.3, 0.4) is 0 Å². The van der Waals surface area contributed by atoms with Crippen LogP contribution in [0.2, 0.25) is 0 Å². The third kappa shape index (κ3) is 3.30. The summed E-state index contributed by atoms with van der Waals surface area (Å²) in [6, 6.07) is 9.54. The van der Waals surface area contributed by atoms with Gasteiger partial charge in [0.15, 0.2) is 0 Å². The van der Waals surface area contributed by atoms with E-state index in [2.05, 4.69) is 4.72 Å². The quantitative estimate of drug-likeness (QED) is 0.940. The second kappa shape index (κ2) is 6.22. The Kier molecular flexibility index (Phi) is 4.54. The van der Waals surface area contributed by atoms with Crippen molar-refractivity contribution in [2.45, 2.75) is 18.4 Å². The van der Waals surface area contributed by atoms with Crippen molar-refractivity contribution in [2.75, 3.05) is 0 Å². The lowest BCUT2D eigenvalue weighted by Gasteiger charge is -2.10. The van der Waals surface area contributed by atoms with Gasteiger partial charge >= 0.3 is 0 Å². The zero-order valence-electron chi connectivity index (χ0n) is 11.6. The fraction of sp³-hybridized carbons (Fsp3) is 0.133. The van der Waals surface area contributed by atoms with Gasteiger partial charge in [0.2, 0.25) is 10.0 Å². The average molecular weight is 322 g/mol. The molecule has 0 aliphatic rings. The van der Waals surface area contributed by atoms with Crippen LogP contribution in [-0.4, -0.2) is 8.42 Å². The highest BCUT2D eigenvalue weighted by atomic mass is 32.2. The highest BCUT2D eigenvalue weighted by Crippen LogP contribution is 2.17. The second-order valence-corrected chi connectivity index (χ2v) is 6.39. The van der Waals surface area contributed by atoms with Gasteiger partial charge in [0.25, 0.3) is 0 Å². The van der Waals surface area contributed by atoms with Gasteiger partial charge < -0.3 is 0 Å². The molecule has 0 heterocycles. The number of nitrogens with one attached hydrogen (secondary N) is 1. The molecule has 0 saturated carbocycles. The molecule has 0 radical (unpaired) electrons. The van der Waals surface area contributed by atoms with E-state index in [0.29, 0.717) is 0 Å². The SMILES string of the molecule is Cc1ccc(F)c(CNS(=O)(=O)c2cccc(C#N)c2)c1F. The molecule has 0 unspecified atom stereocenters. The van der Waals surface area contributed by atoms with Crippen LogP contribution in [0.5, 0.6) is 0 Å². The second-order valence-electron chi connectivity index (χ2n) is 4.62. The molecule has 0 fully saturated rings.